The molecule has 3 rings (SSSR count). The zero-order valence-corrected chi connectivity index (χ0v) is 17.3. The number of nitrogens with one attached hydrogen (secondary N) is 1. The van der Waals surface area contributed by atoms with Gasteiger partial charge in [0.15, 0.2) is 0 Å². The number of esters is 1. The number of benzene rings is 1. The Morgan fingerprint density at radius 2 is 1.86 bits per heavy atom. The van der Waals surface area contributed by atoms with Gasteiger partial charge in [-0.05, 0) is 23.0 Å². The van der Waals surface area contributed by atoms with Gasteiger partial charge in [-0.1, -0.05) is 45.0 Å². The number of hydrogen-bond donors (Lipinski definition) is 1. The van der Waals surface area contributed by atoms with E-state index in [1.54, 1.807) is 0 Å². The maximum Gasteiger partial charge on any atom is 0.329 e. The van der Waals surface area contributed by atoms with E-state index in [9.17, 15) is 14.4 Å². The van der Waals surface area contributed by atoms with E-state index in [1.807, 2.05) is 17.5 Å². The summed E-state index contributed by atoms with van der Waals surface area (Å²) in [5.74, 6) is -0.360. The smallest absolute Gasteiger partial charge is 0.329 e. The number of aromatic amines is 1. The predicted molar refractivity (Wildman–Crippen MR) is 112 cm³/mol. The second-order valence-corrected chi connectivity index (χ2v) is 8.63. The third kappa shape index (κ3) is 3.94. The standard InChI is InChI=1S/C21H24N2O4S/c1-21(2,3)14-9-7-13(8-10-14)15-12-28-18-17(15)19(25)23(20(26)22-18)11-5-6-16(24)27-4/h7-10,12H,5-6,11H2,1-4H3,(H,22,26). The first-order valence-electron chi connectivity index (χ1n) is 9.14. The molecule has 2 aromatic heterocycles. The Kier molecular flexibility index (Phi) is 5.56. The summed E-state index contributed by atoms with van der Waals surface area (Å²) >= 11 is 1.34. The van der Waals surface area contributed by atoms with Gasteiger partial charge in [0.1, 0.15) is 4.83 Å². The summed E-state index contributed by atoms with van der Waals surface area (Å²) in [5.41, 5.74) is 2.21. The molecule has 1 N–H and O–H groups in total. The number of nitrogens with zero attached hydrogens (tertiary/aromatic N) is 1. The first-order chi connectivity index (χ1) is 13.2. The second-order valence-electron chi connectivity index (χ2n) is 7.75. The summed E-state index contributed by atoms with van der Waals surface area (Å²) in [4.78, 5) is 39.9. The highest BCUT2D eigenvalue weighted by Gasteiger charge is 2.17. The van der Waals surface area contributed by atoms with Crippen molar-refractivity contribution in [3.8, 4) is 11.1 Å². The number of rotatable bonds is 5. The van der Waals surface area contributed by atoms with Gasteiger partial charge < -0.3 is 4.74 Å². The molecule has 0 radical (unpaired) electrons. The Labute approximate surface area is 166 Å². The number of H-pyrrole nitrogens is 1. The molecule has 6 nitrogen and oxygen atoms in total. The molecular formula is C21H24N2O4S. The Morgan fingerprint density at radius 1 is 1.18 bits per heavy atom. The number of carbonyl (C=O) groups excluding carboxylic acids is 1. The quantitative estimate of drug-likeness (QED) is 0.663. The van der Waals surface area contributed by atoms with Gasteiger partial charge in [-0.3, -0.25) is 19.1 Å². The van der Waals surface area contributed by atoms with Crippen molar-refractivity contribution in [3.05, 3.63) is 56.0 Å². The van der Waals surface area contributed by atoms with Gasteiger partial charge in [0, 0.05) is 23.9 Å². The molecule has 0 aliphatic rings. The molecule has 0 unspecified atom stereocenters. The van der Waals surface area contributed by atoms with Crippen LogP contribution >= 0.6 is 11.3 Å². The van der Waals surface area contributed by atoms with Crippen molar-refractivity contribution in [2.45, 2.75) is 45.6 Å². The van der Waals surface area contributed by atoms with E-state index in [2.05, 4.69) is 42.6 Å². The van der Waals surface area contributed by atoms with E-state index < -0.39 is 5.69 Å². The fraction of sp³-hybridized carbons (Fsp3) is 0.381. The SMILES string of the molecule is COC(=O)CCCn1c(=O)[nH]c2scc(-c3ccc(C(C)(C)C)cc3)c2c1=O. The highest BCUT2D eigenvalue weighted by atomic mass is 32.1. The van der Waals surface area contributed by atoms with Crippen molar-refractivity contribution in [2.75, 3.05) is 7.11 Å². The van der Waals surface area contributed by atoms with Crippen LogP contribution in [0.4, 0.5) is 0 Å². The molecule has 2 heterocycles. The molecule has 0 aliphatic carbocycles. The van der Waals surface area contributed by atoms with Crippen LogP contribution in [-0.4, -0.2) is 22.6 Å². The minimum atomic E-state index is -0.459. The molecule has 0 amide bonds. The molecule has 0 fully saturated rings. The van der Waals surface area contributed by atoms with Crippen molar-refractivity contribution >= 4 is 27.5 Å². The fourth-order valence-corrected chi connectivity index (χ4v) is 4.05. The number of methoxy groups -OCH3 is 1. The highest BCUT2D eigenvalue weighted by Crippen LogP contribution is 2.32. The Morgan fingerprint density at radius 3 is 2.46 bits per heavy atom. The Hall–Kier alpha value is -2.67. The van der Waals surface area contributed by atoms with Crippen LogP contribution in [0.15, 0.2) is 39.2 Å². The van der Waals surface area contributed by atoms with Gasteiger partial charge in [0.25, 0.3) is 5.56 Å². The number of carbonyl (C=O) groups is 1. The summed E-state index contributed by atoms with van der Waals surface area (Å²) in [6, 6.07) is 8.15. The number of fused-ring (bicyclic) bond motifs is 1. The predicted octanol–water partition coefficient (Wildman–Crippen LogP) is 3.67. The first-order valence-corrected chi connectivity index (χ1v) is 10.0. The lowest BCUT2D eigenvalue weighted by Crippen LogP contribution is -2.35. The van der Waals surface area contributed by atoms with E-state index >= 15 is 0 Å². The number of thiophene rings is 1. The van der Waals surface area contributed by atoms with Gasteiger partial charge in [0.05, 0.1) is 12.5 Å². The molecule has 0 aliphatic heterocycles. The molecule has 148 valence electrons. The molecular weight excluding hydrogens is 376 g/mol. The molecule has 0 spiro atoms. The third-order valence-corrected chi connectivity index (χ3v) is 5.66. The van der Waals surface area contributed by atoms with E-state index in [-0.39, 0.29) is 29.9 Å². The van der Waals surface area contributed by atoms with Gasteiger partial charge >= 0.3 is 11.7 Å². The van der Waals surface area contributed by atoms with Crippen LogP contribution in [0.3, 0.4) is 0 Å². The number of ether oxygens (including phenoxy) is 1. The molecule has 0 bridgehead atoms. The van der Waals surface area contributed by atoms with Gasteiger partial charge in [-0.25, -0.2) is 4.79 Å². The van der Waals surface area contributed by atoms with Crippen LogP contribution in [0.2, 0.25) is 0 Å². The lowest BCUT2D eigenvalue weighted by Gasteiger charge is -2.19. The second kappa shape index (κ2) is 7.75. The highest BCUT2D eigenvalue weighted by molar-refractivity contribution is 7.17. The van der Waals surface area contributed by atoms with Crippen molar-refractivity contribution in [2.24, 2.45) is 0 Å². The van der Waals surface area contributed by atoms with E-state index in [1.165, 1.54) is 24.0 Å². The molecule has 7 heteroatoms. The molecule has 0 saturated heterocycles. The number of aromatic nitrogens is 2. The average Bonchev–Trinajstić information content (AvgIpc) is 3.07. The Balaban J connectivity index is 2.01. The topological polar surface area (TPSA) is 81.2 Å². The summed E-state index contributed by atoms with van der Waals surface area (Å²) in [6.07, 6.45) is 0.520. The van der Waals surface area contributed by atoms with Gasteiger partial charge in [-0.2, -0.15) is 0 Å². The van der Waals surface area contributed by atoms with Crippen LogP contribution in [-0.2, 0) is 21.5 Å². The van der Waals surface area contributed by atoms with E-state index in [4.69, 9.17) is 0 Å². The first kappa shape index (κ1) is 20.1. The lowest BCUT2D eigenvalue weighted by molar-refractivity contribution is -0.140. The van der Waals surface area contributed by atoms with E-state index in [0.717, 1.165) is 15.7 Å². The molecule has 1 aromatic carbocycles. The van der Waals surface area contributed by atoms with Crippen molar-refractivity contribution in [1.29, 1.82) is 0 Å². The third-order valence-electron chi connectivity index (χ3n) is 4.77. The summed E-state index contributed by atoms with van der Waals surface area (Å²) in [5, 5.41) is 2.40. The zero-order chi connectivity index (χ0) is 20.5. The van der Waals surface area contributed by atoms with Crippen LogP contribution in [0.5, 0.6) is 0 Å². The lowest BCUT2D eigenvalue weighted by atomic mass is 9.86. The monoisotopic (exact) mass is 400 g/mol. The number of hydrogen-bond acceptors (Lipinski definition) is 5. The zero-order valence-electron chi connectivity index (χ0n) is 16.5. The minimum absolute atomic E-state index is 0.0484. The van der Waals surface area contributed by atoms with Crippen molar-refractivity contribution < 1.29 is 9.53 Å². The molecule has 0 atom stereocenters. The minimum Gasteiger partial charge on any atom is -0.469 e. The van der Waals surface area contributed by atoms with Crippen LogP contribution < -0.4 is 11.2 Å². The maximum absolute atomic E-state index is 13.0. The fourth-order valence-electron chi connectivity index (χ4n) is 3.10. The maximum atomic E-state index is 13.0. The van der Waals surface area contributed by atoms with Crippen LogP contribution in [0.25, 0.3) is 21.3 Å². The van der Waals surface area contributed by atoms with Crippen molar-refractivity contribution in [3.63, 3.8) is 0 Å². The van der Waals surface area contributed by atoms with Crippen molar-refractivity contribution in [1.82, 2.24) is 9.55 Å². The van der Waals surface area contributed by atoms with Gasteiger partial charge in [0.2, 0.25) is 0 Å². The summed E-state index contributed by atoms with van der Waals surface area (Å²) in [6.45, 7) is 6.62. The summed E-state index contributed by atoms with van der Waals surface area (Å²) < 4.78 is 5.76. The Bertz CT molecular complexity index is 1110. The van der Waals surface area contributed by atoms with Crippen LogP contribution in [0, 0.1) is 0 Å². The van der Waals surface area contributed by atoms with Crippen LogP contribution in [0.1, 0.15) is 39.2 Å². The largest absolute Gasteiger partial charge is 0.469 e. The molecule has 0 saturated carbocycles. The molecule has 3 aromatic rings. The molecule has 28 heavy (non-hydrogen) atoms. The van der Waals surface area contributed by atoms with Gasteiger partial charge in [-0.15, -0.1) is 11.3 Å². The summed E-state index contributed by atoms with van der Waals surface area (Å²) in [7, 11) is 1.32. The van der Waals surface area contributed by atoms with E-state index in [0.29, 0.717) is 16.6 Å². The normalized spacial score (nSPS) is 11.7. The average molecular weight is 401 g/mol.